The van der Waals surface area contributed by atoms with E-state index in [0.29, 0.717) is 17.3 Å². The number of ether oxygens (including phenoxy) is 2. The van der Waals surface area contributed by atoms with Gasteiger partial charge in [0.25, 0.3) is 0 Å². The summed E-state index contributed by atoms with van der Waals surface area (Å²) in [7, 11) is 1.64. The van der Waals surface area contributed by atoms with Gasteiger partial charge in [-0.1, -0.05) is 6.07 Å². The van der Waals surface area contributed by atoms with Crippen LogP contribution in [0.5, 0.6) is 5.75 Å². The molecule has 1 aliphatic heterocycles. The Bertz CT molecular complexity index is 991. The number of benzene rings is 1. The fraction of sp³-hybridized carbons (Fsp3) is 0.300. The number of aromatic nitrogens is 4. The van der Waals surface area contributed by atoms with Crippen LogP contribution in [0, 0.1) is 11.3 Å². The van der Waals surface area contributed by atoms with E-state index in [1.165, 1.54) is 11.8 Å². The van der Waals surface area contributed by atoms with Gasteiger partial charge in [0.2, 0.25) is 0 Å². The molecule has 3 aromatic rings. The summed E-state index contributed by atoms with van der Waals surface area (Å²) in [5, 5.41) is 19.3. The molecule has 142 valence electrons. The third-order valence-corrected chi connectivity index (χ3v) is 5.43. The molecule has 1 unspecified atom stereocenters. The first kappa shape index (κ1) is 18.5. The fourth-order valence-corrected chi connectivity index (χ4v) is 3.93. The molecule has 4 rings (SSSR count). The molecule has 0 radical (unpaired) electrons. The molecule has 0 saturated carbocycles. The first-order chi connectivity index (χ1) is 13.8. The molecule has 3 heterocycles. The van der Waals surface area contributed by atoms with E-state index >= 15 is 0 Å². The lowest BCUT2D eigenvalue weighted by molar-refractivity contribution is 0.0953. The van der Waals surface area contributed by atoms with Gasteiger partial charge < -0.3 is 9.47 Å². The van der Waals surface area contributed by atoms with Gasteiger partial charge in [0.1, 0.15) is 22.5 Å². The summed E-state index contributed by atoms with van der Waals surface area (Å²) in [6.07, 6.45) is 2.23. The Kier molecular flexibility index (Phi) is 5.55. The third-order valence-electron chi connectivity index (χ3n) is 4.51. The molecule has 0 bridgehead atoms. The van der Waals surface area contributed by atoms with Crippen LogP contribution in [0.15, 0.2) is 52.6 Å². The molecule has 2 aromatic heterocycles. The second-order valence-corrected chi connectivity index (χ2v) is 7.34. The second kappa shape index (κ2) is 8.42. The SMILES string of the molecule is COc1ccc(-c2nnc(Sc3cccc(C#N)n3)n2CC2CCCO2)cc1. The molecule has 1 fully saturated rings. The second-order valence-electron chi connectivity index (χ2n) is 6.36. The maximum absolute atomic E-state index is 9.09. The van der Waals surface area contributed by atoms with Crippen LogP contribution in [0.4, 0.5) is 0 Å². The van der Waals surface area contributed by atoms with Crippen LogP contribution >= 0.6 is 11.8 Å². The Morgan fingerprint density at radius 1 is 1.25 bits per heavy atom. The van der Waals surface area contributed by atoms with Crippen molar-refractivity contribution in [3.05, 3.63) is 48.2 Å². The van der Waals surface area contributed by atoms with Gasteiger partial charge in [-0.2, -0.15) is 5.26 Å². The Morgan fingerprint density at radius 2 is 2.11 bits per heavy atom. The minimum absolute atomic E-state index is 0.144. The summed E-state index contributed by atoms with van der Waals surface area (Å²) in [6.45, 7) is 1.47. The highest BCUT2D eigenvalue weighted by Crippen LogP contribution is 2.30. The number of hydrogen-bond acceptors (Lipinski definition) is 7. The number of nitriles is 1. The zero-order chi connectivity index (χ0) is 19.3. The predicted molar refractivity (Wildman–Crippen MR) is 104 cm³/mol. The Balaban J connectivity index is 1.68. The molecular formula is C20H19N5O2S. The van der Waals surface area contributed by atoms with Crippen LogP contribution in [0.1, 0.15) is 18.5 Å². The maximum Gasteiger partial charge on any atom is 0.197 e. The van der Waals surface area contributed by atoms with Crippen LogP contribution in [-0.2, 0) is 11.3 Å². The normalized spacial score (nSPS) is 16.1. The average molecular weight is 393 g/mol. The van der Waals surface area contributed by atoms with Gasteiger partial charge in [-0.3, -0.25) is 4.57 Å². The van der Waals surface area contributed by atoms with E-state index in [2.05, 4.69) is 25.8 Å². The van der Waals surface area contributed by atoms with Gasteiger partial charge in [-0.05, 0) is 61.0 Å². The topological polar surface area (TPSA) is 85.9 Å². The van der Waals surface area contributed by atoms with E-state index in [9.17, 15) is 0 Å². The molecule has 1 saturated heterocycles. The minimum atomic E-state index is 0.144. The number of methoxy groups -OCH3 is 1. The van der Waals surface area contributed by atoms with Crippen LogP contribution in [0.25, 0.3) is 11.4 Å². The number of rotatable bonds is 6. The quantitative estimate of drug-likeness (QED) is 0.633. The van der Waals surface area contributed by atoms with Gasteiger partial charge in [0, 0.05) is 12.2 Å². The molecule has 7 nitrogen and oxygen atoms in total. The molecular weight excluding hydrogens is 374 g/mol. The minimum Gasteiger partial charge on any atom is -0.497 e. The van der Waals surface area contributed by atoms with E-state index < -0.39 is 0 Å². The van der Waals surface area contributed by atoms with Gasteiger partial charge in [-0.25, -0.2) is 4.98 Å². The van der Waals surface area contributed by atoms with E-state index in [0.717, 1.165) is 41.7 Å². The van der Waals surface area contributed by atoms with Gasteiger partial charge >= 0.3 is 0 Å². The van der Waals surface area contributed by atoms with Crippen LogP contribution in [-0.4, -0.2) is 39.6 Å². The summed E-state index contributed by atoms with van der Waals surface area (Å²) < 4.78 is 13.2. The van der Waals surface area contributed by atoms with Crippen molar-refractivity contribution >= 4 is 11.8 Å². The third kappa shape index (κ3) is 4.01. The summed E-state index contributed by atoms with van der Waals surface area (Å²) in [4.78, 5) is 4.34. The smallest absolute Gasteiger partial charge is 0.197 e. The van der Waals surface area contributed by atoms with E-state index in [1.54, 1.807) is 13.2 Å². The lowest BCUT2D eigenvalue weighted by Gasteiger charge is -2.14. The zero-order valence-corrected chi connectivity index (χ0v) is 16.2. The van der Waals surface area contributed by atoms with Crippen LogP contribution < -0.4 is 4.74 Å². The highest BCUT2D eigenvalue weighted by molar-refractivity contribution is 7.99. The molecule has 0 N–H and O–H groups in total. The van der Waals surface area contributed by atoms with Crippen LogP contribution in [0.3, 0.4) is 0 Å². The number of pyridine rings is 1. The Hall–Kier alpha value is -2.89. The van der Waals surface area contributed by atoms with Crippen molar-refractivity contribution in [1.29, 1.82) is 5.26 Å². The fourth-order valence-electron chi connectivity index (χ4n) is 3.10. The molecule has 0 spiro atoms. The van der Waals surface area contributed by atoms with Gasteiger partial charge in [0.15, 0.2) is 11.0 Å². The van der Waals surface area contributed by atoms with Crippen molar-refractivity contribution in [2.45, 2.75) is 35.7 Å². The first-order valence-corrected chi connectivity index (χ1v) is 9.82. The van der Waals surface area contributed by atoms with Gasteiger partial charge in [0.05, 0.1) is 19.8 Å². The predicted octanol–water partition coefficient (Wildman–Crippen LogP) is 3.55. The van der Waals surface area contributed by atoms with Crippen molar-refractivity contribution in [3.8, 4) is 23.2 Å². The molecule has 1 aromatic carbocycles. The molecule has 0 amide bonds. The van der Waals surface area contributed by atoms with E-state index in [4.69, 9.17) is 14.7 Å². The van der Waals surface area contributed by atoms with Crippen molar-refractivity contribution in [2.24, 2.45) is 0 Å². The average Bonchev–Trinajstić information content (AvgIpc) is 3.39. The zero-order valence-electron chi connectivity index (χ0n) is 15.4. The Labute approximate surface area is 167 Å². The number of hydrogen-bond donors (Lipinski definition) is 0. The maximum atomic E-state index is 9.09. The molecule has 1 atom stereocenters. The van der Waals surface area contributed by atoms with Crippen molar-refractivity contribution < 1.29 is 9.47 Å². The standard InChI is InChI=1S/C20H19N5O2S/c1-26-16-9-7-14(8-10-16)19-23-24-20(25(19)13-17-5-3-11-27-17)28-18-6-2-4-15(12-21)22-18/h2,4,6-10,17H,3,5,11,13H2,1H3. The monoisotopic (exact) mass is 393 g/mol. The lowest BCUT2D eigenvalue weighted by atomic mass is 10.2. The van der Waals surface area contributed by atoms with Crippen molar-refractivity contribution in [3.63, 3.8) is 0 Å². The molecule has 0 aliphatic carbocycles. The van der Waals surface area contributed by atoms with E-state index in [1.807, 2.05) is 36.4 Å². The largest absolute Gasteiger partial charge is 0.497 e. The summed E-state index contributed by atoms with van der Waals surface area (Å²) >= 11 is 1.40. The van der Waals surface area contributed by atoms with Gasteiger partial charge in [-0.15, -0.1) is 10.2 Å². The van der Waals surface area contributed by atoms with Crippen molar-refractivity contribution in [1.82, 2.24) is 19.7 Å². The first-order valence-electron chi connectivity index (χ1n) is 9.01. The highest BCUT2D eigenvalue weighted by atomic mass is 32.2. The molecule has 28 heavy (non-hydrogen) atoms. The summed E-state index contributed by atoms with van der Waals surface area (Å²) in [5.74, 6) is 1.57. The van der Waals surface area contributed by atoms with E-state index in [-0.39, 0.29) is 6.10 Å². The number of nitrogens with zero attached hydrogens (tertiary/aromatic N) is 5. The Morgan fingerprint density at radius 3 is 2.82 bits per heavy atom. The summed E-state index contributed by atoms with van der Waals surface area (Å²) in [6, 6.07) is 15.2. The highest BCUT2D eigenvalue weighted by Gasteiger charge is 2.22. The summed E-state index contributed by atoms with van der Waals surface area (Å²) in [5.41, 5.74) is 1.34. The van der Waals surface area contributed by atoms with Crippen molar-refractivity contribution in [2.75, 3.05) is 13.7 Å². The van der Waals surface area contributed by atoms with Crippen LogP contribution in [0.2, 0.25) is 0 Å². The lowest BCUT2D eigenvalue weighted by Crippen LogP contribution is -2.16. The molecule has 8 heteroatoms. The molecule has 1 aliphatic rings.